The fraction of sp³-hybridized carbons (Fsp3) is 0.333. The van der Waals surface area contributed by atoms with Crippen LogP contribution in [0.25, 0.3) is 0 Å². The summed E-state index contributed by atoms with van der Waals surface area (Å²) in [5.74, 6) is -1.82. The molecule has 1 aromatic carbocycles. The second-order valence-electron chi connectivity index (χ2n) is 7.47. The van der Waals surface area contributed by atoms with Crippen LogP contribution < -0.4 is 4.74 Å². The SMILES string of the molecule is CC1(C)[C@H](/C=C(\Cl)C(F)(F)F)[C@@H]1C(=O)OCc1cccc(Oc2ccc(F)cc2)n1. The molecule has 3 rings (SSSR count). The van der Waals surface area contributed by atoms with Gasteiger partial charge in [-0.1, -0.05) is 37.6 Å². The first kappa shape index (κ1) is 22.1. The van der Waals surface area contributed by atoms with Gasteiger partial charge < -0.3 is 9.47 Å². The van der Waals surface area contributed by atoms with Crippen molar-refractivity contribution in [1.29, 1.82) is 0 Å². The Hall–Kier alpha value is -2.61. The molecule has 0 saturated heterocycles. The highest BCUT2D eigenvalue weighted by molar-refractivity contribution is 6.30. The maximum Gasteiger partial charge on any atom is 0.426 e. The molecule has 0 amide bonds. The number of pyridine rings is 1. The zero-order chi connectivity index (χ0) is 22.1. The van der Waals surface area contributed by atoms with Crippen LogP contribution in [0.1, 0.15) is 19.5 Å². The number of rotatable bonds is 6. The van der Waals surface area contributed by atoms with Gasteiger partial charge >= 0.3 is 12.1 Å². The zero-order valence-electron chi connectivity index (χ0n) is 16.0. The Labute approximate surface area is 175 Å². The number of ether oxygens (including phenoxy) is 2. The Bertz CT molecular complexity index is 957. The van der Waals surface area contributed by atoms with Gasteiger partial charge in [0.05, 0.1) is 11.6 Å². The first-order valence-corrected chi connectivity index (χ1v) is 9.37. The summed E-state index contributed by atoms with van der Waals surface area (Å²) in [6, 6.07) is 10.2. The molecule has 160 valence electrons. The number of carbonyl (C=O) groups excluding carboxylic acids is 1. The average Bonchev–Trinajstić information content (AvgIpc) is 3.21. The lowest BCUT2D eigenvalue weighted by Crippen LogP contribution is -2.11. The molecular weight excluding hydrogens is 426 g/mol. The molecule has 4 nitrogen and oxygen atoms in total. The highest BCUT2D eigenvalue weighted by Gasteiger charge is 2.62. The number of benzene rings is 1. The molecule has 1 aliphatic rings. The monoisotopic (exact) mass is 443 g/mol. The minimum absolute atomic E-state index is 0.171. The summed E-state index contributed by atoms with van der Waals surface area (Å²) in [4.78, 5) is 16.6. The third-order valence-electron chi connectivity index (χ3n) is 4.94. The zero-order valence-corrected chi connectivity index (χ0v) is 16.8. The summed E-state index contributed by atoms with van der Waals surface area (Å²) in [6.07, 6.45) is -3.79. The Morgan fingerprint density at radius 2 is 1.87 bits per heavy atom. The molecule has 1 aromatic heterocycles. The fourth-order valence-electron chi connectivity index (χ4n) is 3.14. The lowest BCUT2D eigenvalue weighted by atomic mass is 10.1. The van der Waals surface area contributed by atoms with E-state index in [1.54, 1.807) is 32.0 Å². The summed E-state index contributed by atoms with van der Waals surface area (Å²) in [5.41, 5.74) is -0.300. The maximum atomic E-state index is 13.0. The van der Waals surface area contributed by atoms with E-state index in [4.69, 9.17) is 21.1 Å². The molecule has 1 fully saturated rings. The van der Waals surface area contributed by atoms with Crippen LogP contribution in [0.4, 0.5) is 17.6 Å². The fourth-order valence-corrected chi connectivity index (χ4v) is 3.28. The van der Waals surface area contributed by atoms with Crippen LogP contribution in [-0.2, 0) is 16.1 Å². The molecule has 0 unspecified atom stereocenters. The van der Waals surface area contributed by atoms with Gasteiger partial charge in [-0.25, -0.2) is 9.37 Å². The summed E-state index contributed by atoms with van der Waals surface area (Å²) in [7, 11) is 0. The Kier molecular flexibility index (Phi) is 6.08. The predicted octanol–water partition coefficient (Wildman–Crippen LogP) is 6.01. The first-order valence-electron chi connectivity index (χ1n) is 8.99. The van der Waals surface area contributed by atoms with Crippen molar-refractivity contribution in [3.05, 3.63) is 65.1 Å². The normalized spacial score (nSPS) is 20.6. The topological polar surface area (TPSA) is 48.4 Å². The number of halogens is 5. The van der Waals surface area contributed by atoms with E-state index in [9.17, 15) is 22.4 Å². The number of hydrogen-bond donors (Lipinski definition) is 0. The van der Waals surface area contributed by atoms with Crippen LogP contribution in [0.3, 0.4) is 0 Å². The molecule has 2 atom stereocenters. The number of allylic oxidation sites excluding steroid dienone is 2. The number of aromatic nitrogens is 1. The van der Waals surface area contributed by atoms with Crippen LogP contribution >= 0.6 is 11.6 Å². The summed E-state index contributed by atoms with van der Waals surface area (Å²) in [6.45, 7) is 3.18. The van der Waals surface area contributed by atoms with Crippen molar-refractivity contribution in [3.8, 4) is 11.6 Å². The van der Waals surface area contributed by atoms with Gasteiger partial charge in [-0.3, -0.25) is 4.79 Å². The van der Waals surface area contributed by atoms with Crippen molar-refractivity contribution in [1.82, 2.24) is 4.98 Å². The summed E-state index contributed by atoms with van der Waals surface area (Å²) < 4.78 is 61.7. The highest BCUT2D eigenvalue weighted by Crippen LogP contribution is 2.60. The van der Waals surface area contributed by atoms with E-state index in [2.05, 4.69) is 4.98 Å². The molecule has 1 saturated carbocycles. The van der Waals surface area contributed by atoms with Crippen molar-refractivity contribution in [3.63, 3.8) is 0 Å². The minimum Gasteiger partial charge on any atom is -0.459 e. The van der Waals surface area contributed by atoms with E-state index < -0.39 is 40.2 Å². The van der Waals surface area contributed by atoms with Gasteiger partial charge in [-0.15, -0.1) is 0 Å². The summed E-state index contributed by atoms with van der Waals surface area (Å²) >= 11 is 5.29. The Morgan fingerprint density at radius 1 is 1.20 bits per heavy atom. The highest BCUT2D eigenvalue weighted by atomic mass is 35.5. The molecule has 1 aliphatic carbocycles. The Morgan fingerprint density at radius 3 is 2.50 bits per heavy atom. The van der Waals surface area contributed by atoms with Crippen molar-refractivity contribution < 1.29 is 31.8 Å². The average molecular weight is 444 g/mol. The third kappa shape index (κ3) is 5.11. The molecule has 0 aliphatic heterocycles. The van der Waals surface area contributed by atoms with Gasteiger partial charge in [0, 0.05) is 6.07 Å². The van der Waals surface area contributed by atoms with Gasteiger partial charge in [-0.05, 0) is 41.7 Å². The first-order chi connectivity index (χ1) is 14.0. The lowest BCUT2D eigenvalue weighted by molar-refractivity contribution is -0.147. The van der Waals surface area contributed by atoms with Gasteiger partial charge in [0.15, 0.2) is 0 Å². The largest absolute Gasteiger partial charge is 0.459 e. The lowest BCUT2D eigenvalue weighted by Gasteiger charge is -2.08. The second-order valence-corrected chi connectivity index (χ2v) is 7.88. The second kappa shape index (κ2) is 8.26. The van der Waals surface area contributed by atoms with Crippen molar-refractivity contribution >= 4 is 17.6 Å². The molecular formula is C21H18ClF4NO3. The van der Waals surface area contributed by atoms with Crippen LogP contribution in [0.5, 0.6) is 11.6 Å². The molecule has 0 radical (unpaired) electrons. The quantitative estimate of drug-likeness (QED) is 0.405. The van der Waals surface area contributed by atoms with Crippen molar-refractivity contribution in [2.24, 2.45) is 17.3 Å². The van der Waals surface area contributed by atoms with Crippen molar-refractivity contribution in [2.75, 3.05) is 0 Å². The summed E-state index contributed by atoms with van der Waals surface area (Å²) in [5, 5.41) is -1.25. The van der Waals surface area contributed by atoms with Gasteiger partial charge in [0.2, 0.25) is 5.88 Å². The molecule has 1 heterocycles. The smallest absolute Gasteiger partial charge is 0.426 e. The Balaban J connectivity index is 1.60. The van der Waals surface area contributed by atoms with Crippen molar-refractivity contribution in [2.45, 2.75) is 26.6 Å². The van der Waals surface area contributed by atoms with Crippen LogP contribution in [-0.4, -0.2) is 17.1 Å². The van der Waals surface area contributed by atoms with Gasteiger partial charge in [-0.2, -0.15) is 13.2 Å². The van der Waals surface area contributed by atoms with E-state index in [1.807, 2.05) is 0 Å². The molecule has 0 bridgehead atoms. The molecule has 2 aromatic rings. The number of esters is 1. The number of carbonyl (C=O) groups is 1. The number of alkyl halides is 3. The van der Waals surface area contributed by atoms with Gasteiger partial charge in [0.1, 0.15) is 23.2 Å². The predicted molar refractivity (Wildman–Crippen MR) is 101 cm³/mol. The van der Waals surface area contributed by atoms with Crippen LogP contribution in [0.2, 0.25) is 0 Å². The van der Waals surface area contributed by atoms with E-state index in [0.29, 0.717) is 11.4 Å². The molecule has 0 N–H and O–H groups in total. The van der Waals surface area contributed by atoms with E-state index in [1.165, 1.54) is 24.3 Å². The van der Waals surface area contributed by atoms with E-state index in [0.717, 1.165) is 6.08 Å². The minimum atomic E-state index is -4.65. The maximum absolute atomic E-state index is 13.0. The molecule has 30 heavy (non-hydrogen) atoms. The molecule has 9 heteroatoms. The number of hydrogen-bond acceptors (Lipinski definition) is 4. The van der Waals surface area contributed by atoms with E-state index in [-0.39, 0.29) is 12.5 Å². The standard InChI is InChI=1S/C21H18ClF4NO3/c1-20(2)15(10-16(22)21(24,25)26)18(20)19(28)29-11-13-4-3-5-17(27-13)30-14-8-6-12(23)7-9-14/h3-10,15,18H,11H2,1-2H3/b16-10-/t15-,18-/m1/s1. The van der Waals surface area contributed by atoms with Gasteiger partial charge in [0.25, 0.3) is 0 Å². The third-order valence-corrected chi connectivity index (χ3v) is 5.28. The van der Waals surface area contributed by atoms with Crippen LogP contribution in [0, 0.1) is 23.1 Å². The van der Waals surface area contributed by atoms with E-state index >= 15 is 0 Å². The molecule has 0 spiro atoms. The number of nitrogens with zero attached hydrogens (tertiary/aromatic N) is 1. The van der Waals surface area contributed by atoms with Crippen LogP contribution in [0.15, 0.2) is 53.6 Å².